The maximum absolute atomic E-state index is 5.83. The molecule has 0 aliphatic rings. The van der Waals surface area contributed by atoms with Crippen LogP contribution in [0.25, 0.3) is 0 Å². The smallest absolute Gasteiger partial charge is 0.0661 e. The van der Waals surface area contributed by atoms with Crippen LogP contribution in [0.3, 0.4) is 0 Å². The fraction of sp³-hybridized carbons (Fsp3) is 0.167. The molecule has 0 radical (unpaired) electrons. The van der Waals surface area contributed by atoms with Crippen LogP contribution in [0.15, 0.2) is 45.1 Å². The van der Waals surface area contributed by atoms with E-state index in [0.29, 0.717) is 0 Å². The van der Waals surface area contributed by atoms with Crippen LogP contribution in [0.4, 0.5) is 5.69 Å². The molecule has 0 atom stereocenters. The van der Waals surface area contributed by atoms with Crippen LogP contribution in [0.1, 0.15) is 4.88 Å². The average Bonchev–Trinajstić information content (AvgIpc) is 2.80. The lowest BCUT2D eigenvalue weighted by Crippen LogP contribution is -2.25. The Hall–Kier alpha value is -0.490. The van der Waals surface area contributed by atoms with Gasteiger partial charge in [0.15, 0.2) is 0 Å². The number of anilines is 1. The second-order valence-electron chi connectivity index (χ2n) is 3.57. The number of benzene rings is 1. The fourth-order valence-corrected chi connectivity index (χ4v) is 4.04. The van der Waals surface area contributed by atoms with Gasteiger partial charge < -0.3 is 5.01 Å². The first-order valence-corrected chi connectivity index (χ1v) is 7.76. The number of rotatable bonds is 4. The maximum Gasteiger partial charge on any atom is 0.0661 e. The van der Waals surface area contributed by atoms with Crippen molar-refractivity contribution in [3.63, 3.8) is 0 Å². The molecule has 0 amide bonds. The van der Waals surface area contributed by atoms with E-state index in [1.165, 1.54) is 9.77 Å². The molecule has 0 spiro atoms. The highest BCUT2D eigenvalue weighted by atomic mass is 79.9. The van der Waals surface area contributed by atoms with Crippen molar-refractivity contribution in [2.75, 3.05) is 12.1 Å². The van der Waals surface area contributed by atoms with Crippen LogP contribution in [0.5, 0.6) is 0 Å². The normalized spacial score (nSPS) is 10.5. The average molecular weight is 329 g/mol. The zero-order valence-corrected chi connectivity index (χ0v) is 12.6. The molecule has 2 aromatic rings. The fourth-order valence-electron chi connectivity index (χ4n) is 1.46. The molecule has 0 aliphatic carbocycles. The van der Waals surface area contributed by atoms with E-state index in [1.807, 2.05) is 25.2 Å². The number of nitrogens with zero attached hydrogens (tertiary/aromatic N) is 1. The summed E-state index contributed by atoms with van der Waals surface area (Å²) < 4.78 is 1.09. The van der Waals surface area contributed by atoms with Gasteiger partial charge in [0.2, 0.25) is 0 Å². The van der Waals surface area contributed by atoms with Crippen LogP contribution < -0.4 is 10.9 Å². The van der Waals surface area contributed by atoms with Crippen LogP contribution in [0.2, 0.25) is 0 Å². The Kier molecular flexibility index (Phi) is 4.50. The Balaban J connectivity index is 2.19. The van der Waals surface area contributed by atoms with Gasteiger partial charge in [-0.3, -0.25) is 0 Å². The number of hydrogen-bond acceptors (Lipinski definition) is 4. The molecular weight excluding hydrogens is 316 g/mol. The molecule has 0 bridgehead atoms. The first-order valence-electron chi connectivity index (χ1n) is 5.10. The minimum atomic E-state index is 0.973. The maximum atomic E-state index is 5.83. The van der Waals surface area contributed by atoms with E-state index in [9.17, 15) is 0 Å². The molecule has 2 N–H and O–H groups in total. The molecule has 90 valence electrons. The van der Waals surface area contributed by atoms with E-state index < -0.39 is 0 Å². The third-order valence-electron chi connectivity index (χ3n) is 2.27. The van der Waals surface area contributed by atoms with E-state index in [4.69, 9.17) is 5.84 Å². The lowest BCUT2D eigenvalue weighted by Gasteiger charge is -2.17. The predicted molar refractivity (Wildman–Crippen MR) is 80.6 cm³/mol. The minimum Gasteiger partial charge on any atom is -0.313 e. The van der Waals surface area contributed by atoms with Crippen LogP contribution in [-0.2, 0) is 5.75 Å². The summed E-state index contributed by atoms with van der Waals surface area (Å²) in [6.45, 7) is 0. The number of thioether (sulfide) groups is 1. The summed E-state index contributed by atoms with van der Waals surface area (Å²) in [6.07, 6.45) is 0. The number of halogens is 1. The van der Waals surface area contributed by atoms with Gasteiger partial charge in [-0.1, -0.05) is 12.1 Å². The quantitative estimate of drug-likeness (QED) is 0.520. The third-order valence-corrected chi connectivity index (χ3v) is 5.42. The molecular formula is C12H13BrN2S2. The SMILES string of the molecule is CN(N)c1cccc(Br)c1SCc1cccs1. The zero-order chi connectivity index (χ0) is 12.3. The van der Waals surface area contributed by atoms with Crippen LogP contribution in [0, 0.1) is 0 Å². The topological polar surface area (TPSA) is 29.3 Å². The van der Waals surface area contributed by atoms with Gasteiger partial charge in [0.05, 0.1) is 5.69 Å². The lowest BCUT2D eigenvalue weighted by molar-refractivity contribution is 0.993. The standard InChI is InChI=1S/C12H13BrN2S2/c1-15(14)11-6-2-5-10(13)12(11)17-8-9-4-3-7-16-9/h2-7H,8,14H2,1H3. The van der Waals surface area contributed by atoms with Gasteiger partial charge in [-0.15, -0.1) is 23.1 Å². The summed E-state index contributed by atoms with van der Waals surface area (Å²) in [5, 5.41) is 3.76. The van der Waals surface area contributed by atoms with E-state index in [2.05, 4.69) is 33.4 Å². The summed E-state index contributed by atoms with van der Waals surface area (Å²) >= 11 is 7.16. The molecule has 1 aromatic heterocycles. The first-order chi connectivity index (χ1) is 8.18. The third kappa shape index (κ3) is 3.25. The van der Waals surface area contributed by atoms with E-state index >= 15 is 0 Å². The highest BCUT2D eigenvalue weighted by molar-refractivity contribution is 9.10. The van der Waals surface area contributed by atoms with Crippen LogP contribution >= 0.6 is 39.0 Å². The first kappa shape index (κ1) is 13.0. The Morgan fingerprint density at radius 1 is 1.35 bits per heavy atom. The van der Waals surface area contributed by atoms with Gasteiger partial charge in [-0.2, -0.15) is 0 Å². The Morgan fingerprint density at radius 2 is 2.18 bits per heavy atom. The Bertz CT molecular complexity index is 483. The Morgan fingerprint density at radius 3 is 2.82 bits per heavy atom. The van der Waals surface area contributed by atoms with Crippen molar-refractivity contribution in [3.8, 4) is 0 Å². The van der Waals surface area contributed by atoms with Gasteiger partial charge >= 0.3 is 0 Å². The van der Waals surface area contributed by atoms with Crippen molar-refractivity contribution in [2.24, 2.45) is 5.84 Å². The molecule has 1 aromatic carbocycles. The van der Waals surface area contributed by atoms with Gasteiger partial charge in [0.25, 0.3) is 0 Å². The highest BCUT2D eigenvalue weighted by Crippen LogP contribution is 2.37. The molecule has 0 unspecified atom stereocenters. The number of hydrazine groups is 1. The summed E-state index contributed by atoms with van der Waals surface area (Å²) in [6, 6.07) is 10.3. The molecule has 0 saturated carbocycles. The van der Waals surface area contributed by atoms with E-state index in [-0.39, 0.29) is 0 Å². The van der Waals surface area contributed by atoms with Gasteiger partial charge in [0.1, 0.15) is 0 Å². The molecule has 5 heteroatoms. The molecule has 0 fully saturated rings. The lowest BCUT2D eigenvalue weighted by atomic mass is 10.3. The summed E-state index contributed by atoms with van der Waals surface area (Å²) in [5.74, 6) is 6.81. The van der Waals surface area contributed by atoms with Crippen molar-refractivity contribution < 1.29 is 0 Å². The molecule has 1 heterocycles. The molecule has 2 nitrogen and oxygen atoms in total. The van der Waals surface area contributed by atoms with Crippen LogP contribution in [-0.4, -0.2) is 7.05 Å². The predicted octanol–water partition coefficient (Wildman–Crippen LogP) is 4.11. The van der Waals surface area contributed by atoms with E-state index in [1.54, 1.807) is 28.1 Å². The van der Waals surface area contributed by atoms with Crippen molar-refractivity contribution in [3.05, 3.63) is 45.1 Å². The summed E-state index contributed by atoms with van der Waals surface area (Å²) in [7, 11) is 1.86. The minimum absolute atomic E-state index is 0.973. The Labute approximate surface area is 118 Å². The monoisotopic (exact) mass is 328 g/mol. The van der Waals surface area contributed by atoms with Crippen molar-refractivity contribution >= 4 is 44.7 Å². The van der Waals surface area contributed by atoms with Gasteiger partial charge in [0, 0.05) is 27.0 Å². The molecule has 17 heavy (non-hydrogen) atoms. The van der Waals surface area contributed by atoms with Gasteiger partial charge in [-0.05, 0) is 39.5 Å². The molecule has 0 saturated heterocycles. The van der Waals surface area contributed by atoms with Crippen molar-refractivity contribution in [1.29, 1.82) is 0 Å². The summed E-state index contributed by atoms with van der Waals surface area (Å²) in [5.41, 5.74) is 1.04. The number of nitrogens with two attached hydrogens (primary N) is 1. The zero-order valence-electron chi connectivity index (χ0n) is 9.39. The number of hydrogen-bond donors (Lipinski definition) is 1. The number of thiophene rings is 1. The highest BCUT2D eigenvalue weighted by Gasteiger charge is 2.09. The van der Waals surface area contributed by atoms with Crippen molar-refractivity contribution in [2.45, 2.75) is 10.6 Å². The largest absolute Gasteiger partial charge is 0.313 e. The van der Waals surface area contributed by atoms with Crippen molar-refractivity contribution in [1.82, 2.24) is 0 Å². The summed E-state index contributed by atoms with van der Waals surface area (Å²) in [4.78, 5) is 2.56. The second-order valence-corrected chi connectivity index (χ2v) is 6.44. The van der Waals surface area contributed by atoms with E-state index in [0.717, 1.165) is 15.9 Å². The molecule has 2 rings (SSSR count). The second kappa shape index (κ2) is 5.91. The van der Waals surface area contributed by atoms with Gasteiger partial charge in [-0.25, -0.2) is 5.84 Å². The molecule has 0 aliphatic heterocycles.